The van der Waals surface area contributed by atoms with Gasteiger partial charge in [-0.15, -0.1) is 0 Å². The molecule has 1 aliphatic carbocycles. The molecule has 1 fully saturated rings. The molecule has 7 nitrogen and oxygen atoms in total. The van der Waals surface area contributed by atoms with Gasteiger partial charge in [0.15, 0.2) is 6.10 Å². The standard InChI is InChI=1S/C21H24N2O5S/c1-27-16-10-12-17(13-11-16)29(25,26)23-14-20(21(24)22-15-6-2-3-7-15)28-19-9-5-4-8-18(19)23/h4-5,8-13,15,20H,2-3,6-7,14H2,1H3,(H,22,24)/t20-/m1/s1. The van der Waals surface area contributed by atoms with Crippen LogP contribution in [0.5, 0.6) is 11.5 Å². The molecule has 2 aromatic carbocycles. The first-order valence-electron chi connectivity index (χ1n) is 9.72. The Kier molecular flexibility index (Phi) is 5.36. The van der Waals surface area contributed by atoms with Crippen LogP contribution in [0.1, 0.15) is 25.7 Å². The lowest BCUT2D eigenvalue weighted by Gasteiger charge is -2.35. The predicted molar refractivity (Wildman–Crippen MR) is 109 cm³/mol. The van der Waals surface area contributed by atoms with E-state index in [1.807, 2.05) is 0 Å². The Hall–Kier alpha value is -2.74. The summed E-state index contributed by atoms with van der Waals surface area (Å²) in [7, 11) is -2.35. The van der Waals surface area contributed by atoms with Gasteiger partial charge in [-0.1, -0.05) is 25.0 Å². The molecule has 154 valence electrons. The van der Waals surface area contributed by atoms with E-state index >= 15 is 0 Å². The van der Waals surface area contributed by atoms with E-state index in [1.165, 1.54) is 23.5 Å². The minimum atomic E-state index is -3.88. The smallest absolute Gasteiger partial charge is 0.264 e. The summed E-state index contributed by atoms with van der Waals surface area (Å²) in [5, 5.41) is 3.00. The predicted octanol–water partition coefficient (Wildman–Crippen LogP) is 2.71. The lowest BCUT2D eigenvalue weighted by Crippen LogP contribution is -2.52. The molecule has 2 aromatic rings. The number of methoxy groups -OCH3 is 1. The Bertz CT molecular complexity index is 984. The van der Waals surface area contributed by atoms with Gasteiger partial charge >= 0.3 is 0 Å². The zero-order valence-electron chi connectivity index (χ0n) is 16.2. The Morgan fingerprint density at radius 1 is 1.10 bits per heavy atom. The number of nitrogens with zero attached hydrogens (tertiary/aromatic N) is 1. The molecule has 0 saturated heterocycles. The number of nitrogens with one attached hydrogen (secondary N) is 1. The highest BCUT2D eigenvalue weighted by molar-refractivity contribution is 7.92. The fraction of sp³-hybridized carbons (Fsp3) is 0.381. The quantitative estimate of drug-likeness (QED) is 0.810. The SMILES string of the molecule is COc1ccc(S(=O)(=O)N2C[C@H](C(=O)NC3CCCC3)Oc3ccccc32)cc1. The third kappa shape index (κ3) is 3.89. The number of carbonyl (C=O) groups excluding carboxylic acids is 1. The minimum absolute atomic E-state index is 0.0794. The fourth-order valence-electron chi connectivity index (χ4n) is 3.81. The Morgan fingerprint density at radius 3 is 2.48 bits per heavy atom. The zero-order valence-corrected chi connectivity index (χ0v) is 17.0. The molecule has 1 atom stereocenters. The zero-order chi connectivity index (χ0) is 20.4. The molecule has 2 aliphatic rings. The summed E-state index contributed by atoms with van der Waals surface area (Å²) in [6, 6.07) is 13.2. The van der Waals surface area contributed by atoms with Crippen molar-refractivity contribution in [3.8, 4) is 11.5 Å². The summed E-state index contributed by atoms with van der Waals surface area (Å²) in [5.41, 5.74) is 0.424. The first kappa shape index (κ1) is 19.6. The van der Waals surface area contributed by atoms with Crippen LogP contribution < -0.4 is 19.1 Å². The second-order valence-electron chi connectivity index (χ2n) is 7.28. The molecule has 1 aliphatic heterocycles. The number of amides is 1. The summed E-state index contributed by atoms with van der Waals surface area (Å²) in [6.07, 6.45) is 3.18. The van der Waals surface area contributed by atoms with Crippen molar-refractivity contribution in [3.05, 3.63) is 48.5 Å². The lowest BCUT2D eigenvalue weighted by molar-refractivity contribution is -0.128. The fourth-order valence-corrected chi connectivity index (χ4v) is 5.28. The van der Waals surface area contributed by atoms with Crippen LogP contribution in [0.3, 0.4) is 0 Å². The number of fused-ring (bicyclic) bond motifs is 1. The monoisotopic (exact) mass is 416 g/mol. The van der Waals surface area contributed by atoms with E-state index < -0.39 is 16.1 Å². The van der Waals surface area contributed by atoms with Gasteiger partial charge in [0.1, 0.15) is 11.5 Å². The maximum atomic E-state index is 13.4. The highest BCUT2D eigenvalue weighted by Crippen LogP contribution is 2.37. The first-order chi connectivity index (χ1) is 14.0. The molecule has 0 bridgehead atoms. The molecule has 1 heterocycles. The average molecular weight is 416 g/mol. The summed E-state index contributed by atoms with van der Waals surface area (Å²) in [6.45, 7) is -0.0794. The van der Waals surface area contributed by atoms with Gasteiger partial charge in [-0.05, 0) is 49.2 Å². The second kappa shape index (κ2) is 7.94. The van der Waals surface area contributed by atoms with Gasteiger partial charge in [0.2, 0.25) is 0 Å². The molecule has 0 spiro atoms. The lowest BCUT2D eigenvalue weighted by atomic mass is 10.2. The van der Waals surface area contributed by atoms with E-state index in [9.17, 15) is 13.2 Å². The number of para-hydroxylation sites is 2. The van der Waals surface area contributed by atoms with Crippen molar-refractivity contribution in [2.75, 3.05) is 18.0 Å². The van der Waals surface area contributed by atoms with Crippen molar-refractivity contribution in [1.82, 2.24) is 5.32 Å². The number of anilines is 1. The van der Waals surface area contributed by atoms with E-state index in [4.69, 9.17) is 9.47 Å². The third-order valence-electron chi connectivity index (χ3n) is 5.38. The van der Waals surface area contributed by atoms with Gasteiger partial charge in [-0.2, -0.15) is 0 Å². The van der Waals surface area contributed by atoms with E-state index in [2.05, 4.69) is 5.32 Å². The van der Waals surface area contributed by atoms with Crippen LogP contribution in [0.25, 0.3) is 0 Å². The van der Waals surface area contributed by atoms with Crippen LogP contribution in [-0.4, -0.2) is 40.1 Å². The summed E-state index contributed by atoms with van der Waals surface area (Å²) in [5.74, 6) is 0.670. The Balaban J connectivity index is 1.64. The normalized spacial score (nSPS) is 19.3. The van der Waals surface area contributed by atoms with Crippen molar-refractivity contribution >= 4 is 21.6 Å². The topological polar surface area (TPSA) is 84.9 Å². The average Bonchev–Trinajstić information content (AvgIpc) is 3.26. The number of hydrogen-bond acceptors (Lipinski definition) is 5. The van der Waals surface area contributed by atoms with Crippen LogP contribution in [0.4, 0.5) is 5.69 Å². The van der Waals surface area contributed by atoms with E-state index in [1.54, 1.807) is 36.4 Å². The molecule has 1 saturated carbocycles. The minimum Gasteiger partial charge on any atom is -0.497 e. The molecule has 29 heavy (non-hydrogen) atoms. The summed E-state index contributed by atoms with van der Waals surface area (Å²) >= 11 is 0. The van der Waals surface area contributed by atoms with Crippen LogP contribution >= 0.6 is 0 Å². The van der Waals surface area contributed by atoms with Crippen LogP contribution in [0, 0.1) is 0 Å². The second-order valence-corrected chi connectivity index (χ2v) is 9.14. The third-order valence-corrected chi connectivity index (χ3v) is 7.17. The molecule has 8 heteroatoms. The number of sulfonamides is 1. The van der Waals surface area contributed by atoms with Crippen LogP contribution in [0.2, 0.25) is 0 Å². The number of benzene rings is 2. The van der Waals surface area contributed by atoms with Crippen molar-refractivity contribution < 1.29 is 22.7 Å². The number of hydrogen-bond donors (Lipinski definition) is 1. The molecule has 0 unspecified atom stereocenters. The van der Waals surface area contributed by atoms with E-state index in [0.29, 0.717) is 17.2 Å². The number of rotatable bonds is 5. The van der Waals surface area contributed by atoms with Gasteiger partial charge in [0, 0.05) is 6.04 Å². The van der Waals surface area contributed by atoms with Gasteiger partial charge < -0.3 is 14.8 Å². The molecule has 4 rings (SSSR count). The Morgan fingerprint density at radius 2 is 1.79 bits per heavy atom. The van der Waals surface area contributed by atoms with Crippen LogP contribution in [-0.2, 0) is 14.8 Å². The molecule has 1 amide bonds. The molecule has 0 radical (unpaired) electrons. The van der Waals surface area contributed by atoms with Gasteiger partial charge in [0.05, 0.1) is 24.2 Å². The van der Waals surface area contributed by atoms with Crippen molar-refractivity contribution in [1.29, 1.82) is 0 Å². The maximum Gasteiger partial charge on any atom is 0.264 e. The van der Waals surface area contributed by atoms with E-state index in [0.717, 1.165) is 25.7 Å². The number of ether oxygens (including phenoxy) is 2. The molecular weight excluding hydrogens is 392 g/mol. The van der Waals surface area contributed by atoms with Crippen molar-refractivity contribution in [2.45, 2.75) is 42.7 Å². The van der Waals surface area contributed by atoms with Crippen LogP contribution in [0.15, 0.2) is 53.4 Å². The van der Waals surface area contributed by atoms with Gasteiger partial charge in [-0.25, -0.2) is 8.42 Å². The van der Waals surface area contributed by atoms with Crippen molar-refractivity contribution in [2.24, 2.45) is 0 Å². The molecule has 0 aromatic heterocycles. The first-order valence-corrected chi connectivity index (χ1v) is 11.2. The molecule has 1 N–H and O–H groups in total. The van der Waals surface area contributed by atoms with Gasteiger partial charge in [-0.3, -0.25) is 9.10 Å². The van der Waals surface area contributed by atoms with Gasteiger partial charge in [0.25, 0.3) is 15.9 Å². The highest BCUT2D eigenvalue weighted by Gasteiger charge is 2.38. The van der Waals surface area contributed by atoms with E-state index in [-0.39, 0.29) is 23.4 Å². The summed E-state index contributed by atoms with van der Waals surface area (Å²) in [4.78, 5) is 12.9. The van der Waals surface area contributed by atoms with Crippen molar-refractivity contribution in [3.63, 3.8) is 0 Å². The maximum absolute atomic E-state index is 13.4. The molecular formula is C21H24N2O5S. The largest absolute Gasteiger partial charge is 0.497 e. The summed E-state index contributed by atoms with van der Waals surface area (Å²) < 4.78 is 39.0. The number of carbonyl (C=O) groups is 1. The highest BCUT2D eigenvalue weighted by atomic mass is 32.2. The Labute approximate surface area is 170 Å².